The fourth-order valence-electron chi connectivity index (χ4n) is 2.24. The topological polar surface area (TPSA) is 67.2 Å². The Labute approximate surface area is 129 Å². The van der Waals surface area contributed by atoms with Crippen molar-refractivity contribution in [3.8, 4) is 0 Å². The molecule has 0 radical (unpaired) electrons. The summed E-state index contributed by atoms with van der Waals surface area (Å²) in [6.45, 7) is 7.28. The van der Waals surface area contributed by atoms with Crippen LogP contribution in [-0.2, 0) is 6.54 Å². The Bertz CT molecular complexity index is 619. The van der Waals surface area contributed by atoms with Gasteiger partial charge in [-0.3, -0.25) is 0 Å². The van der Waals surface area contributed by atoms with E-state index < -0.39 is 6.03 Å². The number of nitrogens with one attached hydrogen (secondary N) is 2. The molecule has 0 aliphatic carbocycles. The van der Waals surface area contributed by atoms with E-state index in [0.29, 0.717) is 5.69 Å². The molecule has 2 aromatic rings. The summed E-state index contributed by atoms with van der Waals surface area (Å²) in [6, 6.07) is 9.64. The molecular formula is C16H21N3OS. The number of rotatable bonds is 5. The summed E-state index contributed by atoms with van der Waals surface area (Å²) in [6.07, 6.45) is 0. The number of primary amides is 1. The molecule has 0 aliphatic heterocycles. The first-order valence-electron chi connectivity index (χ1n) is 6.91. The van der Waals surface area contributed by atoms with Crippen molar-refractivity contribution in [2.45, 2.75) is 33.4 Å². The second-order valence-electron chi connectivity index (χ2n) is 5.15. The van der Waals surface area contributed by atoms with Crippen molar-refractivity contribution < 1.29 is 4.79 Å². The molecule has 1 heterocycles. The second kappa shape index (κ2) is 6.74. The van der Waals surface area contributed by atoms with Gasteiger partial charge in [0, 0.05) is 28.0 Å². The molecule has 1 aromatic heterocycles. The molecule has 0 fully saturated rings. The molecule has 0 aliphatic rings. The van der Waals surface area contributed by atoms with Crippen LogP contribution in [0.15, 0.2) is 30.3 Å². The molecule has 2 rings (SSSR count). The molecule has 4 N–H and O–H groups in total. The molecule has 4 nitrogen and oxygen atoms in total. The lowest BCUT2D eigenvalue weighted by molar-refractivity contribution is 0.259. The fraction of sp³-hybridized carbons (Fsp3) is 0.312. The maximum Gasteiger partial charge on any atom is 0.316 e. The van der Waals surface area contributed by atoms with Gasteiger partial charge in [-0.15, -0.1) is 11.3 Å². The summed E-state index contributed by atoms with van der Waals surface area (Å²) in [5.74, 6) is 0. The molecule has 5 heteroatoms. The van der Waals surface area contributed by atoms with E-state index >= 15 is 0 Å². The Kier molecular flexibility index (Phi) is 4.98. The number of carbonyl (C=O) groups excluding carboxylic acids is 1. The first-order chi connectivity index (χ1) is 9.95. The highest BCUT2D eigenvalue weighted by Gasteiger charge is 2.08. The number of amides is 2. The number of carbonyl (C=O) groups is 1. The number of urea groups is 1. The zero-order valence-electron chi connectivity index (χ0n) is 12.6. The Hall–Kier alpha value is -1.85. The summed E-state index contributed by atoms with van der Waals surface area (Å²) < 4.78 is 0. The zero-order chi connectivity index (χ0) is 15.4. The van der Waals surface area contributed by atoms with E-state index in [-0.39, 0.29) is 6.04 Å². The predicted molar refractivity (Wildman–Crippen MR) is 88.7 cm³/mol. The zero-order valence-corrected chi connectivity index (χ0v) is 13.4. The Balaban J connectivity index is 1.95. The lowest BCUT2D eigenvalue weighted by atomic mass is 10.1. The lowest BCUT2D eigenvalue weighted by Crippen LogP contribution is -2.20. The minimum absolute atomic E-state index is 0.243. The minimum Gasteiger partial charge on any atom is -0.351 e. The van der Waals surface area contributed by atoms with Crippen LogP contribution in [0.3, 0.4) is 0 Å². The summed E-state index contributed by atoms with van der Waals surface area (Å²) in [5, 5.41) is 6.08. The number of aryl methyl sites for hydroxylation is 2. The molecule has 2 amide bonds. The van der Waals surface area contributed by atoms with Gasteiger partial charge >= 0.3 is 6.03 Å². The van der Waals surface area contributed by atoms with Crippen LogP contribution in [0.25, 0.3) is 0 Å². The fourth-order valence-corrected chi connectivity index (χ4v) is 3.18. The van der Waals surface area contributed by atoms with Gasteiger partial charge in [-0.2, -0.15) is 0 Å². The van der Waals surface area contributed by atoms with Crippen molar-refractivity contribution in [1.29, 1.82) is 0 Å². The standard InChI is InChI=1S/C16H21N3OS/c1-10-8-14(12(3)21-10)9-18-11(2)13-4-6-15(7-5-13)19-16(17)20/h4-8,11,18H,9H2,1-3H3,(H3,17,19,20). The summed E-state index contributed by atoms with van der Waals surface area (Å²) >= 11 is 1.83. The Morgan fingerprint density at radius 1 is 1.29 bits per heavy atom. The molecule has 21 heavy (non-hydrogen) atoms. The van der Waals surface area contributed by atoms with Crippen LogP contribution >= 0.6 is 11.3 Å². The van der Waals surface area contributed by atoms with Crippen molar-refractivity contribution in [1.82, 2.24) is 5.32 Å². The van der Waals surface area contributed by atoms with Gasteiger partial charge in [-0.05, 0) is 50.1 Å². The van der Waals surface area contributed by atoms with E-state index in [1.54, 1.807) is 0 Å². The van der Waals surface area contributed by atoms with Gasteiger partial charge < -0.3 is 16.4 Å². The van der Waals surface area contributed by atoms with Gasteiger partial charge in [0.2, 0.25) is 0 Å². The highest BCUT2D eigenvalue weighted by Crippen LogP contribution is 2.22. The van der Waals surface area contributed by atoms with Crippen LogP contribution in [0.5, 0.6) is 0 Å². The van der Waals surface area contributed by atoms with Crippen LogP contribution < -0.4 is 16.4 Å². The highest BCUT2D eigenvalue weighted by molar-refractivity contribution is 7.12. The first kappa shape index (κ1) is 15.5. The molecule has 0 saturated carbocycles. The van der Waals surface area contributed by atoms with Crippen LogP contribution in [-0.4, -0.2) is 6.03 Å². The van der Waals surface area contributed by atoms with Gasteiger partial charge in [0.15, 0.2) is 0 Å². The number of hydrogen-bond acceptors (Lipinski definition) is 3. The summed E-state index contributed by atoms with van der Waals surface area (Å²) in [4.78, 5) is 13.5. The molecule has 1 aromatic carbocycles. The molecule has 0 spiro atoms. The van der Waals surface area contributed by atoms with E-state index in [4.69, 9.17) is 5.73 Å². The third kappa shape index (κ3) is 4.31. The minimum atomic E-state index is -0.544. The normalized spacial score (nSPS) is 12.1. The van der Waals surface area contributed by atoms with E-state index in [0.717, 1.165) is 6.54 Å². The number of benzene rings is 1. The molecule has 0 bridgehead atoms. The van der Waals surface area contributed by atoms with E-state index in [1.807, 2.05) is 35.6 Å². The Morgan fingerprint density at radius 3 is 2.48 bits per heavy atom. The van der Waals surface area contributed by atoms with Gasteiger partial charge in [0.05, 0.1) is 0 Å². The average molecular weight is 303 g/mol. The molecule has 1 atom stereocenters. The predicted octanol–water partition coefficient (Wildman–Crippen LogP) is 3.71. The van der Waals surface area contributed by atoms with Crippen molar-refractivity contribution in [3.05, 3.63) is 51.2 Å². The van der Waals surface area contributed by atoms with Crippen LogP contribution in [0.4, 0.5) is 10.5 Å². The van der Waals surface area contributed by atoms with Gasteiger partial charge in [0.25, 0.3) is 0 Å². The highest BCUT2D eigenvalue weighted by atomic mass is 32.1. The molecule has 0 saturated heterocycles. The number of hydrogen-bond donors (Lipinski definition) is 3. The van der Waals surface area contributed by atoms with Gasteiger partial charge in [-0.25, -0.2) is 4.79 Å². The quantitative estimate of drug-likeness (QED) is 0.788. The van der Waals surface area contributed by atoms with Crippen molar-refractivity contribution in [2.24, 2.45) is 5.73 Å². The number of nitrogens with two attached hydrogens (primary N) is 1. The third-order valence-corrected chi connectivity index (χ3v) is 4.43. The van der Waals surface area contributed by atoms with Crippen molar-refractivity contribution >= 4 is 23.1 Å². The maximum absolute atomic E-state index is 10.8. The molecular weight excluding hydrogens is 282 g/mol. The van der Waals surface area contributed by atoms with Crippen molar-refractivity contribution in [2.75, 3.05) is 5.32 Å². The Morgan fingerprint density at radius 2 is 1.95 bits per heavy atom. The second-order valence-corrected chi connectivity index (χ2v) is 6.61. The van der Waals surface area contributed by atoms with Gasteiger partial charge in [-0.1, -0.05) is 12.1 Å². The number of anilines is 1. The van der Waals surface area contributed by atoms with E-state index in [1.165, 1.54) is 20.9 Å². The smallest absolute Gasteiger partial charge is 0.316 e. The molecule has 1 unspecified atom stereocenters. The average Bonchev–Trinajstić information content (AvgIpc) is 2.74. The van der Waals surface area contributed by atoms with Crippen molar-refractivity contribution in [3.63, 3.8) is 0 Å². The maximum atomic E-state index is 10.8. The number of thiophene rings is 1. The van der Waals surface area contributed by atoms with Gasteiger partial charge in [0.1, 0.15) is 0 Å². The van der Waals surface area contributed by atoms with Crippen LogP contribution in [0, 0.1) is 13.8 Å². The summed E-state index contributed by atoms with van der Waals surface area (Å²) in [5.41, 5.74) is 8.33. The van der Waals surface area contributed by atoms with E-state index in [9.17, 15) is 4.79 Å². The largest absolute Gasteiger partial charge is 0.351 e. The monoisotopic (exact) mass is 303 g/mol. The van der Waals surface area contributed by atoms with Crippen LogP contribution in [0.1, 0.15) is 33.8 Å². The third-order valence-electron chi connectivity index (χ3n) is 3.42. The molecule has 112 valence electrons. The summed E-state index contributed by atoms with van der Waals surface area (Å²) in [7, 11) is 0. The lowest BCUT2D eigenvalue weighted by Gasteiger charge is -2.15. The SMILES string of the molecule is Cc1cc(CNC(C)c2ccc(NC(N)=O)cc2)c(C)s1. The van der Waals surface area contributed by atoms with Crippen LogP contribution in [0.2, 0.25) is 0 Å². The first-order valence-corrected chi connectivity index (χ1v) is 7.73. The van der Waals surface area contributed by atoms with E-state index in [2.05, 4.69) is 37.5 Å².